The van der Waals surface area contributed by atoms with E-state index >= 15 is 0 Å². The van der Waals surface area contributed by atoms with Gasteiger partial charge in [-0.3, -0.25) is 9.59 Å². The SMILES string of the molecule is CCN(CC(=O)Nc1ccc2c(c1)OCCO2)C(=O)CNc1ccc(C#N)cc1. The maximum Gasteiger partial charge on any atom is 0.243 e. The number of hydrogen-bond donors (Lipinski definition) is 2. The third-order valence-corrected chi connectivity index (χ3v) is 4.35. The molecule has 2 aromatic rings. The van der Waals surface area contributed by atoms with Crippen LogP contribution in [0, 0.1) is 11.3 Å². The Hall–Kier alpha value is -3.73. The van der Waals surface area contributed by atoms with Crippen LogP contribution in [0.15, 0.2) is 42.5 Å². The molecule has 0 radical (unpaired) electrons. The van der Waals surface area contributed by atoms with Gasteiger partial charge in [0.2, 0.25) is 11.8 Å². The molecule has 1 aliphatic heterocycles. The van der Waals surface area contributed by atoms with E-state index in [0.29, 0.717) is 42.5 Å². The molecule has 8 nitrogen and oxygen atoms in total. The quantitative estimate of drug-likeness (QED) is 0.746. The van der Waals surface area contributed by atoms with Crippen LogP contribution in [-0.4, -0.2) is 49.6 Å². The highest BCUT2D eigenvalue weighted by atomic mass is 16.6. The fraction of sp³-hybridized carbons (Fsp3) is 0.286. The van der Waals surface area contributed by atoms with Crippen LogP contribution >= 0.6 is 0 Å². The molecule has 0 aromatic heterocycles. The number of rotatable bonds is 7. The van der Waals surface area contributed by atoms with E-state index < -0.39 is 0 Å². The molecule has 29 heavy (non-hydrogen) atoms. The fourth-order valence-corrected chi connectivity index (χ4v) is 2.82. The molecule has 8 heteroatoms. The lowest BCUT2D eigenvalue weighted by molar-refractivity contribution is -0.132. The van der Waals surface area contributed by atoms with Crippen LogP contribution in [0.5, 0.6) is 11.5 Å². The number of carbonyl (C=O) groups is 2. The zero-order valence-corrected chi connectivity index (χ0v) is 16.1. The Morgan fingerprint density at radius 3 is 2.45 bits per heavy atom. The first-order valence-corrected chi connectivity index (χ1v) is 9.30. The molecule has 0 saturated carbocycles. The summed E-state index contributed by atoms with van der Waals surface area (Å²) >= 11 is 0. The Bertz CT molecular complexity index is 921. The molecule has 0 unspecified atom stereocenters. The van der Waals surface area contributed by atoms with Crippen molar-refractivity contribution in [3.8, 4) is 17.6 Å². The highest BCUT2D eigenvalue weighted by Crippen LogP contribution is 2.32. The number of benzene rings is 2. The third kappa shape index (κ3) is 5.39. The van der Waals surface area contributed by atoms with Crippen molar-refractivity contribution in [1.82, 2.24) is 4.90 Å². The van der Waals surface area contributed by atoms with Gasteiger partial charge in [0.25, 0.3) is 0 Å². The second-order valence-corrected chi connectivity index (χ2v) is 6.36. The minimum Gasteiger partial charge on any atom is -0.486 e. The average Bonchev–Trinajstić information content (AvgIpc) is 2.76. The molecular formula is C21H22N4O4. The summed E-state index contributed by atoms with van der Waals surface area (Å²) in [4.78, 5) is 26.3. The van der Waals surface area contributed by atoms with Crippen LogP contribution in [0.2, 0.25) is 0 Å². The van der Waals surface area contributed by atoms with E-state index in [2.05, 4.69) is 10.6 Å². The van der Waals surface area contributed by atoms with Crippen molar-refractivity contribution in [2.75, 3.05) is 43.5 Å². The first-order valence-electron chi connectivity index (χ1n) is 9.30. The number of hydrogen-bond acceptors (Lipinski definition) is 6. The summed E-state index contributed by atoms with van der Waals surface area (Å²) in [5.74, 6) is 0.738. The Balaban J connectivity index is 1.52. The predicted molar refractivity (Wildman–Crippen MR) is 108 cm³/mol. The highest BCUT2D eigenvalue weighted by molar-refractivity contribution is 5.95. The van der Waals surface area contributed by atoms with Crippen molar-refractivity contribution in [3.05, 3.63) is 48.0 Å². The maximum absolute atomic E-state index is 12.4. The van der Waals surface area contributed by atoms with E-state index in [4.69, 9.17) is 14.7 Å². The standard InChI is InChI=1S/C21H22N4O4/c1-2-25(21(27)13-23-16-5-3-15(12-22)4-6-16)14-20(26)24-17-7-8-18-19(11-17)29-10-9-28-18/h3-8,11,23H,2,9-10,13-14H2,1H3,(H,24,26). The van der Waals surface area contributed by atoms with Crippen LogP contribution in [0.25, 0.3) is 0 Å². The third-order valence-electron chi connectivity index (χ3n) is 4.35. The minimum absolute atomic E-state index is 0.0526. The van der Waals surface area contributed by atoms with Crippen LogP contribution in [0.4, 0.5) is 11.4 Å². The Labute approximate surface area is 169 Å². The van der Waals surface area contributed by atoms with Crippen LogP contribution in [0.1, 0.15) is 12.5 Å². The van der Waals surface area contributed by atoms with E-state index in [9.17, 15) is 9.59 Å². The van der Waals surface area contributed by atoms with Crippen molar-refractivity contribution < 1.29 is 19.1 Å². The Morgan fingerprint density at radius 2 is 1.76 bits per heavy atom. The first-order chi connectivity index (χ1) is 14.1. The van der Waals surface area contributed by atoms with Crippen molar-refractivity contribution >= 4 is 23.2 Å². The lowest BCUT2D eigenvalue weighted by Crippen LogP contribution is -2.40. The van der Waals surface area contributed by atoms with Crippen molar-refractivity contribution in [2.24, 2.45) is 0 Å². The number of nitrogens with one attached hydrogen (secondary N) is 2. The molecule has 150 valence electrons. The Morgan fingerprint density at radius 1 is 1.07 bits per heavy atom. The summed E-state index contributed by atoms with van der Waals surface area (Å²) in [5, 5.41) is 14.6. The molecule has 2 N–H and O–H groups in total. The van der Waals surface area contributed by atoms with Crippen LogP contribution in [-0.2, 0) is 9.59 Å². The number of fused-ring (bicyclic) bond motifs is 1. The molecule has 0 fully saturated rings. The molecule has 0 spiro atoms. The predicted octanol–water partition coefficient (Wildman–Crippen LogP) is 2.23. The molecule has 0 aliphatic carbocycles. The molecule has 0 bridgehead atoms. The summed E-state index contributed by atoms with van der Waals surface area (Å²) in [7, 11) is 0. The Kier molecular flexibility index (Phi) is 6.53. The van der Waals surface area contributed by atoms with Gasteiger partial charge in [0.05, 0.1) is 24.7 Å². The van der Waals surface area contributed by atoms with Gasteiger partial charge in [0.1, 0.15) is 13.2 Å². The van der Waals surface area contributed by atoms with Crippen LogP contribution < -0.4 is 20.1 Å². The molecular weight excluding hydrogens is 372 g/mol. The van der Waals surface area contributed by atoms with Gasteiger partial charge in [-0.2, -0.15) is 5.26 Å². The largest absolute Gasteiger partial charge is 0.486 e. The number of nitrogens with zero attached hydrogens (tertiary/aromatic N) is 2. The summed E-state index contributed by atoms with van der Waals surface area (Å²) in [6.07, 6.45) is 0. The lowest BCUT2D eigenvalue weighted by Gasteiger charge is -2.22. The molecule has 2 aromatic carbocycles. The fourth-order valence-electron chi connectivity index (χ4n) is 2.82. The number of anilines is 2. The summed E-state index contributed by atoms with van der Waals surface area (Å²) in [6, 6.07) is 14.0. The smallest absolute Gasteiger partial charge is 0.243 e. The van der Waals surface area contributed by atoms with Gasteiger partial charge in [-0.05, 0) is 43.3 Å². The maximum atomic E-state index is 12.4. The van der Waals surface area contributed by atoms with E-state index in [-0.39, 0.29) is 24.9 Å². The summed E-state index contributed by atoms with van der Waals surface area (Å²) < 4.78 is 11.0. The second-order valence-electron chi connectivity index (χ2n) is 6.36. The average molecular weight is 394 g/mol. The van der Waals surface area contributed by atoms with Gasteiger partial charge in [-0.15, -0.1) is 0 Å². The molecule has 1 aliphatic rings. The number of nitriles is 1. The topological polar surface area (TPSA) is 104 Å². The summed E-state index contributed by atoms with van der Waals surface area (Å²) in [5.41, 5.74) is 1.86. The molecule has 0 saturated heterocycles. The van der Waals surface area contributed by atoms with Gasteiger partial charge in [0.15, 0.2) is 11.5 Å². The number of carbonyl (C=O) groups excluding carboxylic acids is 2. The van der Waals surface area contributed by atoms with Gasteiger partial charge in [0, 0.05) is 24.0 Å². The normalized spacial score (nSPS) is 11.9. The van der Waals surface area contributed by atoms with E-state index in [0.717, 1.165) is 5.69 Å². The first kappa shape index (κ1) is 20.0. The van der Waals surface area contributed by atoms with Crippen LogP contribution in [0.3, 0.4) is 0 Å². The number of likely N-dealkylation sites (N-methyl/N-ethyl adjacent to an activating group) is 1. The number of amides is 2. The zero-order chi connectivity index (χ0) is 20.6. The monoisotopic (exact) mass is 394 g/mol. The van der Waals surface area contributed by atoms with E-state index in [1.807, 2.05) is 13.0 Å². The van der Waals surface area contributed by atoms with Crippen molar-refractivity contribution in [3.63, 3.8) is 0 Å². The highest BCUT2D eigenvalue weighted by Gasteiger charge is 2.17. The zero-order valence-electron chi connectivity index (χ0n) is 16.1. The van der Waals surface area contributed by atoms with Gasteiger partial charge in [-0.1, -0.05) is 0 Å². The summed E-state index contributed by atoms with van der Waals surface area (Å²) in [6.45, 7) is 3.19. The molecule has 3 rings (SSSR count). The van der Waals surface area contributed by atoms with Gasteiger partial charge >= 0.3 is 0 Å². The van der Waals surface area contributed by atoms with Gasteiger partial charge in [-0.25, -0.2) is 0 Å². The second kappa shape index (κ2) is 9.46. The lowest BCUT2D eigenvalue weighted by atomic mass is 10.2. The molecule has 2 amide bonds. The molecule has 1 heterocycles. The van der Waals surface area contributed by atoms with Crippen molar-refractivity contribution in [2.45, 2.75) is 6.92 Å². The minimum atomic E-state index is -0.296. The van der Waals surface area contributed by atoms with E-state index in [1.54, 1.807) is 42.5 Å². The van der Waals surface area contributed by atoms with Crippen molar-refractivity contribution in [1.29, 1.82) is 5.26 Å². The van der Waals surface area contributed by atoms with Gasteiger partial charge < -0.3 is 25.0 Å². The number of ether oxygens (including phenoxy) is 2. The van der Waals surface area contributed by atoms with E-state index in [1.165, 1.54) is 4.90 Å². The molecule has 0 atom stereocenters.